The lowest BCUT2D eigenvalue weighted by Crippen LogP contribution is -2.24. The molecule has 0 radical (unpaired) electrons. The molecule has 2 heterocycles. The Kier molecular flexibility index (Phi) is 4.41. The number of ether oxygens (including phenoxy) is 1. The second-order valence-electron chi connectivity index (χ2n) is 5.57. The molecule has 0 fully saturated rings. The second kappa shape index (κ2) is 6.41. The van der Waals surface area contributed by atoms with Crippen LogP contribution in [-0.4, -0.2) is 27.7 Å². The molecule has 1 aromatic carbocycles. The Labute approximate surface area is 145 Å². The van der Waals surface area contributed by atoms with Crippen molar-refractivity contribution in [3.63, 3.8) is 0 Å². The number of carbonyl (C=O) groups is 1. The number of alkyl halides is 3. The number of fused-ring (bicyclic) bond motifs is 1. The molecule has 9 heteroatoms. The van der Waals surface area contributed by atoms with Crippen molar-refractivity contribution in [1.29, 1.82) is 0 Å². The van der Waals surface area contributed by atoms with Crippen LogP contribution in [0.25, 0.3) is 16.9 Å². The maximum atomic E-state index is 13.0. The predicted octanol–water partition coefficient (Wildman–Crippen LogP) is 2.49. The Morgan fingerprint density at radius 1 is 1.31 bits per heavy atom. The van der Waals surface area contributed by atoms with E-state index in [2.05, 4.69) is 10.1 Å². The summed E-state index contributed by atoms with van der Waals surface area (Å²) in [7, 11) is 1.38. The van der Waals surface area contributed by atoms with Gasteiger partial charge in [-0.2, -0.15) is 18.3 Å². The molecule has 0 N–H and O–H groups in total. The van der Waals surface area contributed by atoms with Crippen LogP contribution in [0.2, 0.25) is 0 Å². The highest BCUT2D eigenvalue weighted by Crippen LogP contribution is 2.33. The summed E-state index contributed by atoms with van der Waals surface area (Å²) in [5.41, 5.74) is -0.543. The molecule has 3 aromatic rings. The predicted molar refractivity (Wildman–Crippen MR) is 83.2 cm³/mol. The Bertz CT molecular complexity index is 982. The van der Waals surface area contributed by atoms with Crippen molar-refractivity contribution >= 4 is 11.6 Å². The number of halogens is 3. The van der Waals surface area contributed by atoms with Crippen molar-refractivity contribution in [2.45, 2.75) is 19.2 Å². The number of hydrogen-bond acceptors (Lipinski definition) is 5. The van der Waals surface area contributed by atoms with E-state index in [-0.39, 0.29) is 28.2 Å². The average Bonchev–Trinajstić information content (AvgIpc) is 3.00. The minimum atomic E-state index is -4.50. The number of nitrogens with zero attached hydrogens (tertiary/aromatic N) is 3. The maximum Gasteiger partial charge on any atom is 0.416 e. The van der Waals surface area contributed by atoms with Crippen molar-refractivity contribution in [1.82, 2.24) is 14.6 Å². The van der Waals surface area contributed by atoms with E-state index in [1.54, 1.807) is 6.92 Å². The molecule has 0 saturated carbocycles. The molecule has 0 aliphatic rings. The first-order valence-electron chi connectivity index (χ1n) is 7.53. The van der Waals surface area contributed by atoms with Gasteiger partial charge in [-0.1, -0.05) is 12.1 Å². The van der Waals surface area contributed by atoms with Crippen molar-refractivity contribution in [2.24, 2.45) is 0 Å². The summed E-state index contributed by atoms with van der Waals surface area (Å²) in [6.07, 6.45) is -3.86. The second-order valence-corrected chi connectivity index (χ2v) is 5.57. The van der Waals surface area contributed by atoms with Crippen LogP contribution in [0.1, 0.15) is 34.6 Å². The van der Waals surface area contributed by atoms with E-state index in [0.29, 0.717) is 0 Å². The summed E-state index contributed by atoms with van der Waals surface area (Å²) in [4.78, 5) is 15.5. The standard InChI is InChI=1S/C17H14F3N3O3/c1-9(26-2)14-13(16(24)25)15-21-7-6-12(23(15)22-14)10-4-3-5-11(8-10)17(18,19)20/h3-9H,1-2H3,(H,24,25)/p-1. The van der Waals surface area contributed by atoms with Gasteiger partial charge in [0.1, 0.15) is 5.69 Å². The minimum absolute atomic E-state index is 0.0289. The van der Waals surface area contributed by atoms with Crippen LogP contribution in [-0.2, 0) is 10.9 Å². The molecule has 3 rings (SSSR count). The summed E-state index contributed by atoms with van der Waals surface area (Å²) in [6.45, 7) is 1.60. The summed E-state index contributed by atoms with van der Waals surface area (Å²) < 4.78 is 45.3. The third-order valence-electron chi connectivity index (χ3n) is 3.97. The molecule has 26 heavy (non-hydrogen) atoms. The number of methoxy groups -OCH3 is 1. The van der Waals surface area contributed by atoms with Crippen LogP contribution >= 0.6 is 0 Å². The molecular weight excluding hydrogens is 351 g/mol. The van der Waals surface area contributed by atoms with Gasteiger partial charge in [0.15, 0.2) is 5.65 Å². The molecule has 1 unspecified atom stereocenters. The number of aromatic nitrogens is 3. The Hall–Kier alpha value is -2.94. The van der Waals surface area contributed by atoms with Gasteiger partial charge in [-0.25, -0.2) is 9.50 Å². The maximum absolute atomic E-state index is 13.0. The average molecular weight is 364 g/mol. The Morgan fingerprint density at radius 2 is 2.04 bits per heavy atom. The minimum Gasteiger partial charge on any atom is -0.545 e. The smallest absolute Gasteiger partial charge is 0.416 e. The van der Waals surface area contributed by atoms with E-state index in [4.69, 9.17) is 4.74 Å². The third-order valence-corrected chi connectivity index (χ3v) is 3.97. The molecule has 136 valence electrons. The molecule has 0 aliphatic carbocycles. The Balaban J connectivity index is 2.28. The van der Waals surface area contributed by atoms with E-state index in [9.17, 15) is 23.1 Å². The first kappa shape index (κ1) is 17.9. The van der Waals surface area contributed by atoms with Crippen LogP contribution < -0.4 is 5.11 Å². The highest BCUT2D eigenvalue weighted by atomic mass is 19.4. The summed E-state index contributed by atoms with van der Waals surface area (Å²) in [6, 6.07) is 6.12. The van der Waals surface area contributed by atoms with Crippen molar-refractivity contribution in [2.75, 3.05) is 7.11 Å². The van der Waals surface area contributed by atoms with Crippen LogP contribution in [0.5, 0.6) is 0 Å². The van der Waals surface area contributed by atoms with Gasteiger partial charge < -0.3 is 14.6 Å². The lowest BCUT2D eigenvalue weighted by atomic mass is 10.1. The monoisotopic (exact) mass is 364 g/mol. The Morgan fingerprint density at radius 3 is 2.65 bits per heavy atom. The zero-order valence-electron chi connectivity index (χ0n) is 13.7. The number of rotatable bonds is 4. The molecule has 0 saturated heterocycles. The fraction of sp³-hybridized carbons (Fsp3) is 0.235. The van der Waals surface area contributed by atoms with Crippen LogP contribution in [0, 0.1) is 0 Å². The van der Waals surface area contributed by atoms with Crippen molar-refractivity contribution in [3.05, 3.63) is 53.3 Å². The van der Waals surface area contributed by atoms with Crippen molar-refractivity contribution in [3.8, 4) is 11.3 Å². The molecule has 1 atom stereocenters. The highest BCUT2D eigenvalue weighted by Gasteiger charge is 2.31. The van der Waals surface area contributed by atoms with E-state index in [1.807, 2.05) is 0 Å². The first-order valence-corrected chi connectivity index (χ1v) is 7.53. The summed E-state index contributed by atoms with van der Waals surface area (Å²) in [5.74, 6) is -1.49. The molecule has 0 bridgehead atoms. The first-order chi connectivity index (χ1) is 12.2. The normalized spacial score (nSPS) is 13.1. The van der Waals surface area contributed by atoms with Gasteiger partial charge in [0, 0.05) is 18.9 Å². The third kappa shape index (κ3) is 3.01. The van der Waals surface area contributed by atoms with E-state index in [1.165, 1.54) is 36.0 Å². The lowest BCUT2D eigenvalue weighted by Gasteiger charge is -2.10. The molecule has 0 spiro atoms. The summed E-state index contributed by atoms with van der Waals surface area (Å²) >= 11 is 0. The van der Waals surface area contributed by atoms with Gasteiger partial charge in [-0.05, 0) is 25.1 Å². The quantitative estimate of drug-likeness (QED) is 0.711. The topological polar surface area (TPSA) is 79.5 Å². The van der Waals surface area contributed by atoms with Crippen molar-refractivity contribution < 1.29 is 27.8 Å². The van der Waals surface area contributed by atoms with Crippen LogP contribution in [0.3, 0.4) is 0 Å². The van der Waals surface area contributed by atoms with Gasteiger partial charge in [0.05, 0.1) is 28.9 Å². The van der Waals surface area contributed by atoms with Crippen LogP contribution in [0.15, 0.2) is 36.5 Å². The number of benzene rings is 1. The van der Waals surface area contributed by atoms with Crippen LogP contribution in [0.4, 0.5) is 13.2 Å². The number of carbonyl (C=O) groups excluding carboxylic acids is 1. The molecule has 2 aromatic heterocycles. The zero-order chi connectivity index (χ0) is 19.1. The number of aromatic carboxylic acids is 1. The highest BCUT2D eigenvalue weighted by molar-refractivity contribution is 5.95. The molecular formula is C17H13F3N3O3-. The SMILES string of the molecule is COC(C)c1nn2c(-c3cccc(C(F)(F)F)c3)ccnc2c1C(=O)[O-]. The molecule has 0 amide bonds. The lowest BCUT2D eigenvalue weighted by molar-refractivity contribution is -0.255. The van der Waals surface area contributed by atoms with Gasteiger partial charge in [-0.15, -0.1) is 0 Å². The number of hydrogen-bond donors (Lipinski definition) is 0. The molecule has 0 aliphatic heterocycles. The van der Waals surface area contributed by atoms with E-state index < -0.39 is 23.8 Å². The summed E-state index contributed by atoms with van der Waals surface area (Å²) in [5, 5.41) is 15.7. The van der Waals surface area contributed by atoms with E-state index >= 15 is 0 Å². The largest absolute Gasteiger partial charge is 0.545 e. The van der Waals surface area contributed by atoms with Gasteiger partial charge in [-0.3, -0.25) is 0 Å². The number of carboxylic acid groups (broad SMARTS) is 1. The zero-order valence-corrected chi connectivity index (χ0v) is 13.7. The van der Waals surface area contributed by atoms with E-state index in [0.717, 1.165) is 12.1 Å². The fourth-order valence-electron chi connectivity index (χ4n) is 2.63. The molecule has 6 nitrogen and oxygen atoms in total. The van der Waals surface area contributed by atoms with Gasteiger partial charge >= 0.3 is 6.18 Å². The van der Waals surface area contributed by atoms with Gasteiger partial charge in [0.2, 0.25) is 0 Å². The fourth-order valence-corrected chi connectivity index (χ4v) is 2.63. The number of carboxylic acids is 1. The van der Waals surface area contributed by atoms with Gasteiger partial charge in [0.25, 0.3) is 0 Å².